The van der Waals surface area contributed by atoms with Gasteiger partial charge < -0.3 is 15.1 Å². The normalized spacial score (nSPS) is 20.2. The summed E-state index contributed by atoms with van der Waals surface area (Å²) in [7, 11) is -3.49. The number of aromatic nitrogens is 2. The van der Waals surface area contributed by atoms with Gasteiger partial charge in [0.05, 0.1) is 10.6 Å². The summed E-state index contributed by atoms with van der Waals surface area (Å²) in [5, 5.41) is 3.92. The number of benzene rings is 1. The molecule has 11 heteroatoms. The second kappa shape index (κ2) is 9.54. The highest BCUT2D eigenvalue weighted by Crippen LogP contribution is 2.29. The molecule has 2 aliphatic rings. The maximum Gasteiger partial charge on any atom is 0.245 e. The van der Waals surface area contributed by atoms with Crippen LogP contribution in [0.15, 0.2) is 23.1 Å². The molecule has 4 rings (SSSR count). The lowest BCUT2D eigenvalue weighted by molar-refractivity contribution is -0.130. The molecule has 2 saturated heterocycles. The predicted octanol–water partition coefficient (Wildman–Crippen LogP) is 2.96. The van der Waals surface area contributed by atoms with Gasteiger partial charge in [-0.05, 0) is 43.4 Å². The molecule has 0 radical (unpaired) electrons. The van der Waals surface area contributed by atoms with Gasteiger partial charge in [-0.3, -0.25) is 4.79 Å². The summed E-state index contributed by atoms with van der Waals surface area (Å²) >= 11 is 1.44. The number of hydrogen-bond donors (Lipinski definition) is 1. The molecule has 0 spiro atoms. The molecule has 2 fully saturated rings. The molecule has 1 atom stereocenters. The van der Waals surface area contributed by atoms with Crippen molar-refractivity contribution in [3.05, 3.63) is 29.8 Å². The molecular weight excluding hydrogens is 465 g/mol. The first-order chi connectivity index (χ1) is 15.6. The molecule has 1 aromatic carbocycles. The van der Waals surface area contributed by atoms with Gasteiger partial charge in [0.15, 0.2) is 9.84 Å². The van der Waals surface area contributed by atoms with E-state index in [0.29, 0.717) is 18.9 Å². The van der Waals surface area contributed by atoms with Crippen molar-refractivity contribution in [3.63, 3.8) is 0 Å². The van der Waals surface area contributed by atoms with E-state index in [1.807, 2.05) is 4.90 Å². The van der Waals surface area contributed by atoms with Crippen LogP contribution >= 0.6 is 11.5 Å². The molecule has 33 heavy (non-hydrogen) atoms. The van der Waals surface area contributed by atoms with Crippen molar-refractivity contribution in [3.8, 4) is 0 Å². The second-order valence-electron chi connectivity index (χ2n) is 9.24. The smallest absolute Gasteiger partial charge is 0.245 e. The largest absolute Gasteiger partial charge is 0.371 e. The molecular formula is C22H30FN5O3S2. The van der Waals surface area contributed by atoms with Gasteiger partial charge >= 0.3 is 0 Å². The number of likely N-dealkylation sites (tertiary alicyclic amines) is 1. The number of sulfone groups is 1. The molecule has 1 N–H and O–H groups in total. The summed E-state index contributed by atoms with van der Waals surface area (Å²) in [5.41, 5.74) is 0.144. The number of rotatable bonds is 7. The topological polar surface area (TPSA) is 95.5 Å². The van der Waals surface area contributed by atoms with Crippen LogP contribution < -0.4 is 10.2 Å². The van der Waals surface area contributed by atoms with Crippen molar-refractivity contribution in [1.29, 1.82) is 0 Å². The van der Waals surface area contributed by atoms with E-state index in [0.717, 1.165) is 55.6 Å². The molecule has 2 aliphatic heterocycles. The minimum Gasteiger partial charge on any atom is -0.371 e. The highest BCUT2D eigenvalue weighted by atomic mass is 32.2. The van der Waals surface area contributed by atoms with Crippen LogP contribution in [0.25, 0.3) is 0 Å². The Morgan fingerprint density at radius 1 is 1.21 bits per heavy atom. The SMILES string of the molecule is CC(C)Cc1nsc(N2CCC(N3CC[C@H](Nc4ccc(S(C)(=O)=O)cc4F)C3=O)CC2)n1. The number of hydrogen-bond acceptors (Lipinski definition) is 8. The summed E-state index contributed by atoms with van der Waals surface area (Å²) in [6.07, 6.45) is 4.21. The van der Waals surface area contributed by atoms with E-state index < -0.39 is 21.7 Å². The molecule has 3 heterocycles. The third kappa shape index (κ3) is 5.46. The van der Waals surface area contributed by atoms with Crippen molar-refractivity contribution in [1.82, 2.24) is 14.3 Å². The van der Waals surface area contributed by atoms with E-state index in [1.165, 1.54) is 23.7 Å². The Bertz CT molecular complexity index is 1110. The standard InChI is InChI=1S/C22H30FN5O3S2/c1-14(2)12-20-25-22(32-26-20)27-9-6-15(7-10-27)28-11-8-19(21(28)29)24-18-5-4-16(13-17(18)23)33(3,30)31/h4-5,13-15,19,24H,6-12H2,1-3H3/t19-/m0/s1. The first-order valence-electron chi connectivity index (χ1n) is 11.3. The highest BCUT2D eigenvalue weighted by Gasteiger charge is 2.37. The summed E-state index contributed by atoms with van der Waals surface area (Å²) in [6, 6.07) is 3.37. The zero-order valence-corrected chi connectivity index (χ0v) is 20.8. The van der Waals surface area contributed by atoms with Crippen LogP contribution in [-0.2, 0) is 21.1 Å². The average molecular weight is 496 g/mol. The molecule has 180 valence electrons. The molecule has 0 saturated carbocycles. The Balaban J connectivity index is 1.33. The number of halogens is 1. The molecule has 8 nitrogen and oxygen atoms in total. The Hall–Kier alpha value is -2.27. The molecule has 2 aromatic rings. The Kier molecular flexibility index (Phi) is 6.90. The van der Waals surface area contributed by atoms with Gasteiger partial charge in [0, 0.05) is 49.9 Å². The third-order valence-electron chi connectivity index (χ3n) is 6.16. The number of anilines is 2. The first kappa shape index (κ1) is 23.9. The van der Waals surface area contributed by atoms with Crippen LogP contribution in [0.1, 0.15) is 38.9 Å². The zero-order valence-electron chi connectivity index (χ0n) is 19.1. The van der Waals surface area contributed by atoms with Crippen molar-refractivity contribution >= 4 is 38.1 Å². The van der Waals surface area contributed by atoms with Gasteiger partial charge in [-0.2, -0.15) is 4.37 Å². The number of piperidine rings is 1. The fourth-order valence-electron chi connectivity index (χ4n) is 4.42. The second-order valence-corrected chi connectivity index (χ2v) is 12.0. The molecule has 1 amide bonds. The van der Waals surface area contributed by atoms with Crippen LogP contribution in [0.4, 0.5) is 15.2 Å². The predicted molar refractivity (Wildman–Crippen MR) is 127 cm³/mol. The lowest BCUT2D eigenvalue weighted by Gasteiger charge is -2.36. The lowest BCUT2D eigenvalue weighted by Crippen LogP contribution is -2.47. The van der Waals surface area contributed by atoms with Gasteiger partial charge in [0.1, 0.15) is 17.7 Å². The average Bonchev–Trinajstić information content (AvgIpc) is 3.35. The zero-order chi connectivity index (χ0) is 23.8. The third-order valence-corrected chi connectivity index (χ3v) is 8.09. The maximum atomic E-state index is 14.4. The van der Waals surface area contributed by atoms with Crippen LogP contribution in [-0.4, -0.2) is 66.6 Å². The Morgan fingerprint density at radius 3 is 2.58 bits per heavy atom. The van der Waals surface area contributed by atoms with E-state index in [-0.39, 0.29) is 22.5 Å². The highest BCUT2D eigenvalue weighted by molar-refractivity contribution is 7.90. The van der Waals surface area contributed by atoms with Gasteiger partial charge in [-0.25, -0.2) is 17.8 Å². The number of nitrogens with one attached hydrogen (secondary N) is 1. The van der Waals surface area contributed by atoms with Crippen molar-refractivity contribution in [2.75, 3.05) is 36.1 Å². The van der Waals surface area contributed by atoms with E-state index in [1.54, 1.807) is 0 Å². The van der Waals surface area contributed by atoms with Gasteiger partial charge in [0.25, 0.3) is 0 Å². The Labute approximate surface area is 198 Å². The quantitative estimate of drug-likeness (QED) is 0.631. The minimum atomic E-state index is -3.49. The van der Waals surface area contributed by atoms with Gasteiger partial charge in [-0.15, -0.1) is 0 Å². The lowest BCUT2D eigenvalue weighted by atomic mass is 10.0. The van der Waals surface area contributed by atoms with E-state index in [9.17, 15) is 17.6 Å². The van der Waals surface area contributed by atoms with Gasteiger partial charge in [-0.1, -0.05) is 13.8 Å². The van der Waals surface area contributed by atoms with E-state index in [2.05, 4.69) is 33.4 Å². The van der Waals surface area contributed by atoms with Crippen molar-refractivity contribution in [2.24, 2.45) is 5.92 Å². The minimum absolute atomic E-state index is 0.0322. The maximum absolute atomic E-state index is 14.4. The van der Waals surface area contributed by atoms with Crippen LogP contribution in [0.2, 0.25) is 0 Å². The number of amides is 1. The number of carbonyl (C=O) groups excluding carboxylic acids is 1. The summed E-state index contributed by atoms with van der Waals surface area (Å²) < 4.78 is 42.1. The molecule has 0 aliphatic carbocycles. The van der Waals surface area contributed by atoms with Crippen LogP contribution in [0.5, 0.6) is 0 Å². The van der Waals surface area contributed by atoms with Crippen LogP contribution in [0.3, 0.4) is 0 Å². The fourth-order valence-corrected chi connectivity index (χ4v) is 5.80. The molecule has 1 aromatic heterocycles. The van der Waals surface area contributed by atoms with Crippen molar-refractivity contribution < 1.29 is 17.6 Å². The van der Waals surface area contributed by atoms with E-state index >= 15 is 0 Å². The number of carbonyl (C=O) groups is 1. The summed E-state index contributed by atoms with van der Waals surface area (Å²) in [6.45, 7) is 6.58. The summed E-state index contributed by atoms with van der Waals surface area (Å²) in [4.78, 5) is 21.8. The number of nitrogens with zero attached hydrogens (tertiary/aromatic N) is 4. The fraction of sp³-hybridized carbons (Fsp3) is 0.591. The molecule has 0 bridgehead atoms. The van der Waals surface area contributed by atoms with E-state index in [4.69, 9.17) is 0 Å². The summed E-state index contributed by atoms with van der Waals surface area (Å²) in [5.74, 6) is 0.709. The van der Waals surface area contributed by atoms with Gasteiger partial charge in [0.2, 0.25) is 11.0 Å². The monoisotopic (exact) mass is 495 g/mol. The molecule has 0 unspecified atom stereocenters. The van der Waals surface area contributed by atoms with Crippen molar-refractivity contribution in [2.45, 2.75) is 56.5 Å². The Morgan fingerprint density at radius 2 is 1.94 bits per heavy atom. The first-order valence-corrected chi connectivity index (χ1v) is 13.9. The van der Waals surface area contributed by atoms with Crippen LogP contribution in [0, 0.1) is 11.7 Å².